The molecular weight excluding hydrogens is 354 g/mol. The number of ether oxygens (including phenoxy) is 1. The van der Waals surface area contributed by atoms with E-state index < -0.39 is 0 Å². The minimum absolute atomic E-state index is 0. The molecule has 1 amide bonds. The summed E-state index contributed by atoms with van der Waals surface area (Å²) in [7, 11) is 0. The highest BCUT2D eigenvalue weighted by molar-refractivity contribution is 6.02. The second-order valence-electron chi connectivity index (χ2n) is 6.54. The molecule has 3 aromatic carbocycles. The molecule has 0 radical (unpaired) electrons. The predicted octanol–water partition coefficient (Wildman–Crippen LogP) is 4.13. The molecule has 28 heavy (non-hydrogen) atoms. The van der Waals surface area contributed by atoms with Crippen molar-refractivity contribution in [3.05, 3.63) is 65.7 Å². The Morgan fingerprint density at radius 2 is 1.75 bits per heavy atom. The van der Waals surface area contributed by atoms with Gasteiger partial charge in [-0.05, 0) is 46.2 Å². The summed E-state index contributed by atoms with van der Waals surface area (Å²) < 4.78 is 5.31. The number of phenolic OH excluding ortho intramolecular Hbond substituents is 1. The summed E-state index contributed by atoms with van der Waals surface area (Å²) in [5, 5.41) is 11.4. The van der Waals surface area contributed by atoms with Gasteiger partial charge in [0.05, 0.1) is 18.8 Å². The van der Waals surface area contributed by atoms with Crippen LogP contribution < -0.4 is 0 Å². The SMILES string of the molecule is C.O=Cc1c(O)ccc2cc(-c3cccc(C(=O)N4CCOCC4)c3)ccc12. The van der Waals surface area contributed by atoms with E-state index in [0.717, 1.165) is 16.5 Å². The highest BCUT2D eigenvalue weighted by Crippen LogP contribution is 2.30. The number of morpholine rings is 1. The van der Waals surface area contributed by atoms with Crippen LogP contribution in [0.3, 0.4) is 0 Å². The first-order chi connectivity index (χ1) is 13.2. The van der Waals surface area contributed by atoms with Gasteiger partial charge in [0.25, 0.3) is 5.91 Å². The Kier molecular flexibility index (Phi) is 5.76. The number of fused-ring (bicyclic) bond motifs is 1. The molecule has 5 heteroatoms. The molecule has 5 nitrogen and oxygen atoms in total. The predicted molar refractivity (Wildman–Crippen MR) is 110 cm³/mol. The third-order valence-corrected chi connectivity index (χ3v) is 4.90. The maximum Gasteiger partial charge on any atom is 0.254 e. The van der Waals surface area contributed by atoms with E-state index in [9.17, 15) is 14.7 Å². The summed E-state index contributed by atoms with van der Waals surface area (Å²) in [4.78, 5) is 25.8. The molecule has 0 spiro atoms. The van der Waals surface area contributed by atoms with Gasteiger partial charge in [0, 0.05) is 18.7 Å². The Balaban J connectivity index is 0.00000225. The molecule has 4 rings (SSSR count). The van der Waals surface area contributed by atoms with Crippen LogP contribution in [-0.2, 0) is 4.74 Å². The number of amides is 1. The summed E-state index contributed by atoms with van der Waals surface area (Å²) in [6.07, 6.45) is 0.666. The Morgan fingerprint density at radius 1 is 1.00 bits per heavy atom. The third-order valence-electron chi connectivity index (χ3n) is 4.90. The van der Waals surface area contributed by atoms with Crippen LogP contribution in [0.5, 0.6) is 5.75 Å². The van der Waals surface area contributed by atoms with Gasteiger partial charge >= 0.3 is 0 Å². The summed E-state index contributed by atoms with van der Waals surface area (Å²) in [6, 6.07) is 16.5. The molecule has 1 fully saturated rings. The van der Waals surface area contributed by atoms with Gasteiger partial charge in [-0.25, -0.2) is 0 Å². The van der Waals surface area contributed by atoms with Crippen LogP contribution in [-0.4, -0.2) is 48.5 Å². The van der Waals surface area contributed by atoms with Crippen molar-refractivity contribution < 1.29 is 19.4 Å². The van der Waals surface area contributed by atoms with Gasteiger partial charge in [0.2, 0.25) is 0 Å². The summed E-state index contributed by atoms with van der Waals surface area (Å²) in [6.45, 7) is 2.36. The maximum atomic E-state index is 12.7. The standard InChI is InChI=1S/C22H19NO4.CH4/c24-14-20-19-6-4-16(12-17(19)5-7-21(20)25)15-2-1-3-18(13-15)22(26)23-8-10-27-11-9-23;/h1-7,12-14,25H,8-11H2;1H4. The number of rotatable bonds is 3. The van der Waals surface area contributed by atoms with Gasteiger partial charge in [-0.15, -0.1) is 0 Å². The van der Waals surface area contributed by atoms with Crippen LogP contribution in [0.1, 0.15) is 28.1 Å². The van der Waals surface area contributed by atoms with Gasteiger partial charge in [-0.3, -0.25) is 9.59 Å². The number of aromatic hydroxyl groups is 1. The summed E-state index contributed by atoms with van der Waals surface area (Å²) >= 11 is 0. The van der Waals surface area contributed by atoms with E-state index in [1.165, 1.54) is 6.07 Å². The Morgan fingerprint density at radius 3 is 2.50 bits per heavy atom. The quantitative estimate of drug-likeness (QED) is 0.697. The Bertz CT molecular complexity index is 1020. The van der Waals surface area contributed by atoms with Crippen molar-refractivity contribution in [2.75, 3.05) is 26.3 Å². The van der Waals surface area contributed by atoms with Crippen molar-refractivity contribution in [3.8, 4) is 16.9 Å². The van der Waals surface area contributed by atoms with Crippen molar-refractivity contribution in [1.82, 2.24) is 4.90 Å². The van der Waals surface area contributed by atoms with Crippen molar-refractivity contribution in [3.63, 3.8) is 0 Å². The van der Waals surface area contributed by atoms with Crippen molar-refractivity contribution >= 4 is 23.0 Å². The number of phenols is 1. The molecule has 1 aliphatic rings. The lowest BCUT2D eigenvalue weighted by atomic mass is 9.97. The Hall–Kier alpha value is -3.18. The van der Waals surface area contributed by atoms with Gasteiger partial charge < -0.3 is 14.7 Å². The fourth-order valence-corrected chi connectivity index (χ4v) is 3.43. The minimum Gasteiger partial charge on any atom is -0.507 e. The first-order valence-corrected chi connectivity index (χ1v) is 8.86. The molecule has 0 unspecified atom stereocenters. The van der Waals surface area contributed by atoms with Crippen LogP contribution in [0.15, 0.2) is 54.6 Å². The van der Waals surface area contributed by atoms with E-state index in [0.29, 0.717) is 43.5 Å². The topological polar surface area (TPSA) is 66.8 Å². The minimum atomic E-state index is -0.0247. The van der Waals surface area contributed by atoms with Crippen LogP contribution in [0.4, 0.5) is 0 Å². The molecule has 144 valence electrons. The summed E-state index contributed by atoms with van der Waals surface area (Å²) in [5.41, 5.74) is 2.81. The van der Waals surface area contributed by atoms with Crippen LogP contribution in [0.25, 0.3) is 21.9 Å². The van der Waals surface area contributed by atoms with Crippen LogP contribution >= 0.6 is 0 Å². The second kappa shape index (κ2) is 8.23. The van der Waals surface area contributed by atoms with Crippen molar-refractivity contribution in [2.24, 2.45) is 0 Å². The van der Waals surface area contributed by atoms with E-state index in [4.69, 9.17) is 4.74 Å². The third kappa shape index (κ3) is 3.62. The summed E-state index contributed by atoms with van der Waals surface area (Å²) in [5.74, 6) is -0.0162. The van der Waals surface area contributed by atoms with Gasteiger partial charge in [0.15, 0.2) is 6.29 Å². The first kappa shape index (κ1) is 19.6. The molecule has 1 saturated heterocycles. The number of carbonyl (C=O) groups excluding carboxylic acids is 2. The molecule has 0 saturated carbocycles. The van der Waals surface area contributed by atoms with Gasteiger partial charge in [0.1, 0.15) is 5.75 Å². The fraction of sp³-hybridized carbons (Fsp3) is 0.217. The largest absolute Gasteiger partial charge is 0.507 e. The lowest BCUT2D eigenvalue weighted by Gasteiger charge is -2.27. The number of aldehydes is 1. The molecule has 1 heterocycles. The fourth-order valence-electron chi connectivity index (χ4n) is 3.43. The average molecular weight is 377 g/mol. The van der Waals surface area contributed by atoms with E-state index in [1.807, 2.05) is 47.4 Å². The maximum absolute atomic E-state index is 12.7. The Labute approximate surface area is 164 Å². The van der Waals surface area contributed by atoms with Crippen molar-refractivity contribution in [1.29, 1.82) is 0 Å². The zero-order chi connectivity index (χ0) is 18.8. The second-order valence-corrected chi connectivity index (χ2v) is 6.54. The van der Waals surface area contributed by atoms with E-state index in [-0.39, 0.29) is 24.6 Å². The molecule has 3 aromatic rings. The number of hydrogen-bond donors (Lipinski definition) is 1. The normalized spacial score (nSPS) is 13.8. The van der Waals surface area contributed by atoms with Crippen LogP contribution in [0.2, 0.25) is 0 Å². The smallest absolute Gasteiger partial charge is 0.254 e. The molecule has 1 N–H and O–H groups in total. The van der Waals surface area contributed by atoms with Crippen molar-refractivity contribution in [2.45, 2.75) is 7.43 Å². The monoisotopic (exact) mass is 377 g/mol. The first-order valence-electron chi connectivity index (χ1n) is 8.86. The zero-order valence-corrected chi connectivity index (χ0v) is 14.7. The molecule has 0 aromatic heterocycles. The van der Waals surface area contributed by atoms with E-state index in [1.54, 1.807) is 6.07 Å². The van der Waals surface area contributed by atoms with E-state index in [2.05, 4.69) is 0 Å². The van der Waals surface area contributed by atoms with Gasteiger partial charge in [-0.2, -0.15) is 0 Å². The lowest BCUT2D eigenvalue weighted by Crippen LogP contribution is -2.40. The van der Waals surface area contributed by atoms with Crippen LogP contribution in [0, 0.1) is 0 Å². The highest BCUT2D eigenvalue weighted by atomic mass is 16.5. The number of benzene rings is 3. The number of carbonyl (C=O) groups is 2. The molecule has 1 aliphatic heterocycles. The highest BCUT2D eigenvalue weighted by Gasteiger charge is 2.18. The zero-order valence-electron chi connectivity index (χ0n) is 14.7. The average Bonchev–Trinajstić information content (AvgIpc) is 2.73. The van der Waals surface area contributed by atoms with E-state index >= 15 is 0 Å². The van der Waals surface area contributed by atoms with Gasteiger partial charge in [-0.1, -0.05) is 37.8 Å². The molecule has 0 aliphatic carbocycles. The molecule has 0 bridgehead atoms. The number of nitrogens with zero attached hydrogens (tertiary/aromatic N) is 1. The molecular formula is C23H23NO4. The lowest BCUT2D eigenvalue weighted by molar-refractivity contribution is 0.0303. The molecule has 0 atom stereocenters. The number of hydrogen-bond acceptors (Lipinski definition) is 4.